The van der Waals surface area contributed by atoms with Crippen LogP contribution in [0.4, 0.5) is 0 Å². The van der Waals surface area contributed by atoms with Gasteiger partial charge in [0.2, 0.25) is 15.9 Å². The maximum atomic E-state index is 13.1. The van der Waals surface area contributed by atoms with Gasteiger partial charge in [0.05, 0.1) is 11.4 Å². The summed E-state index contributed by atoms with van der Waals surface area (Å²) in [7, 11) is -3.62. The molecule has 0 atom stereocenters. The summed E-state index contributed by atoms with van der Waals surface area (Å²) in [5.74, 6) is 0.426. The molecular weight excluding hydrogens is 398 g/mol. The molecule has 3 aliphatic rings. The Morgan fingerprint density at radius 1 is 1.14 bits per heavy atom. The van der Waals surface area contributed by atoms with E-state index in [0.29, 0.717) is 41.8 Å². The van der Waals surface area contributed by atoms with Crippen molar-refractivity contribution in [1.82, 2.24) is 14.5 Å². The molecule has 2 heterocycles. The van der Waals surface area contributed by atoms with Gasteiger partial charge in [0, 0.05) is 24.7 Å². The highest BCUT2D eigenvalue weighted by molar-refractivity contribution is 7.93. The average Bonchev–Trinajstić information content (AvgIpc) is 2.69. The summed E-state index contributed by atoms with van der Waals surface area (Å²) in [5, 5.41) is 3.99. The number of sulfonamides is 1. The Labute approximate surface area is 171 Å². The summed E-state index contributed by atoms with van der Waals surface area (Å²) in [4.78, 5) is 14.8. The number of carbonyl (C=O) groups excluding carboxylic acids is 1. The molecule has 8 heteroatoms. The van der Waals surface area contributed by atoms with Gasteiger partial charge in [-0.15, -0.1) is 0 Å². The second-order valence-electron chi connectivity index (χ2n) is 7.83. The topological polar surface area (TPSA) is 69.7 Å². The van der Waals surface area contributed by atoms with Gasteiger partial charge < -0.3 is 10.2 Å². The molecule has 28 heavy (non-hydrogen) atoms. The predicted octanol–water partition coefficient (Wildman–Crippen LogP) is 2.10. The Bertz CT molecular complexity index is 894. The lowest BCUT2D eigenvalue weighted by Crippen LogP contribution is -2.53. The number of fused-ring (bicyclic) bond motifs is 1. The number of benzene rings is 1. The first-order valence-electron chi connectivity index (χ1n) is 9.91. The molecule has 0 aromatic heterocycles. The Hall–Kier alpha value is -1.41. The van der Waals surface area contributed by atoms with Crippen LogP contribution in [0.2, 0.25) is 5.02 Å². The van der Waals surface area contributed by atoms with Crippen molar-refractivity contribution >= 4 is 33.6 Å². The normalized spacial score (nSPS) is 22.1. The molecule has 1 N–H and O–H groups in total. The summed E-state index contributed by atoms with van der Waals surface area (Å²) in [5.41, 5.74) is 1.96. The van der Waals surface area contributed by atoms with Gasteiger partial charge in [0.25, 0.3) is 0 Å². The second-order valence-corrected chi connectivity index (χ2v) is 10.3. The molecule has 2 fully saturated rings. The highest BCUT2D eigenvalue weighted by Gasteiger charge is 2.35. The number of hydrogen-bond acceptors (Lipinski definition) is 4. The first-order valence-corrected chi connectivity index (χ1v) is 11.7. The highest BCUT2D eigenvalue weighted by Crippen LogP contribution is 2.31. The zero-order valence-electron chi connectivity index (χ0n) is 15.9. The molecule has 152 valence electrons. The van der Waals surface area contributed by atoms with E-state index in [2.05, 4.69) is 5.32 Å². The number of aryl methyl sites for hydroxylation is 1. The maximum Gasteiger partial charge on any atom is 0.239 e. The number of piperidine rings is 1. The first-order chi connectivity index (χ1) is 13.4. The third kappa shape index (κ3) is 4.13. The smallest absolute Gasteiger partial charge is 0.239 e. The monoisotopic (exact) mass is 423 g/mol. The number of rotatable bonds is 4. The zero-order chi connectivity index (χ0) is 19.7. The number of hydrogen-bond donors (Lipinski definition) is 1. The standard InChI is InChI=1S/C20H26ClN3O3S/c21-18-3-1-17-12-19(4-2-16(17)11-18)28(26,27)24-10-9-23(20(25)14-24)13-15-5-7-22-8-6-15/h1,3,11-12,15,22H,2,4-10,13-14H2. The SMILES string of the molecule is O=C1CN(S(=O)(=O)C2=Cc3ccc(Cl)cc3CC2)CCN1CC1CCNCC1. The lowest BCUT2D eigenvalue weighted by molar-refractivity contribution is -0.134. The first kappa shape index (κ1) is 19.9. The van der Waals surface area contributed by atoms with Crippen molar-refractivity contribution in [2.75, 3.05) is 39.3 Å². The second kappa shape index (κ2) is 8.14. The van der Waals surface area contributed by atoms with Gasteiger partial charge in [-0.05, 0) is 74.0 Å². The Kier molecular flexibility index (Phi) is 5.78. The summed E-state index contributed by atoms with van der Waals surface area (Å²) >= 11 is 6.03. The van der Waals surface area contributed by atoms with Gasteiger partial charge in [0.1, 0.15) is 0 Å². The number of halogens is 1. The van der Waals surface area contributed by atoms with Crippen LogP contribution in [-0.4, -0.2) is 62.8 Å². The van der Waals surface area contributed by atoms with Crippen molar-refractivity contribution in [1.29, 1.82) is 0 Å². The van der Waals surface area contributed by atoms with Gasteiger partial charge in [0.15, 0.2) is 0 Å². The summed E-state index contributed by atoms with van der Waals surface area (Å²) < 4.78 is 27.6. The predicted molar refractivity (Wildman–Crippen MR) is 110 cm³/mol. The lowest BCUT2D eigenvalue weighted by Gasteiger charge is -2.37. The molecule has 0 spiro atoms. The highest BCUT2D eigenvalue weighted by atomic mass is 35.5. The molecular formula is C20H26ClN3O3S. The third-order valence-electron chi connectivity index (χ3n) is 5.95. The van der Waals surface area contributed by atoms with E-state index in [9.17, 15) is 13.2 Å². The zero-order valence-corrected chi connectivity index (χ0v) is 17.4. The van der Waals surface area contributed by atoms with Crippen molar-refractivity contribution in [2.45, 2.75) is 25.7 Å². The summed E-state index contributed by atoms with van der Waals surface area (Å²) in [6.07, 6.45) is 4.96. The molecule has 4 rings (SSSR count). The van der Waals surface area contributed by atoms with E-state index in [1.54, 1.807) is 12.1 Å². The molecule has 0 unspecified atom stereocenters. The van der Waals surface area contributed by atoms with E-state index in [-0.39, 0.29) is 12.5 Å². The van der Waals surface area contributed by atoms with Crippen LogP contribution in [0.5, 0.6) is 0 Å². The molecule has 1 amide bonds. The van der Waals surface area contributed by atoms with Gasteiger partial charge in [-0.25, -0.2) is 8.42 Å². The minimum Gasteiger partial charge on any atom is -0.340 e. The van der Waals surface area contributed by atoms with Crippen molar-refractivity contribution in [2.24, 2.45) is 5.92 Å². The van der Waals surface area contributed by atoms with Crippen molar-refractivity contribution in [3.8, 4) is 0 Å². The molecule has 6 nitrogen and oxygen atoms in total. The largest absolute Gasteiger partial charge is 0.340 e. The minimum atomic E-state index is -3.62. The Morgan fingerprint density at radius 3 is 2.68 bits per heavy atom. The lowest BCUT2D eigenvalue weighted by atomic mass is 9.97. The van der Waals surface area contributed by atoms with Crippen LogP contribution < -0.4 is 5.32 Å². The third-order valence-corrected chi connectivity index (χ3v) is 8.17. The van der Waals surface area contributed by atoms with Crippen LogP contribution in [0.25, 0.3) is 6.08 Å². The number of allylic oxidation sites excluding steroid dienone is 1. The summed E-state index contributed by atoms with van der Waals surface area (Å²) in [6, 6.07) is 5.52. The number of nitrogens with zero attached hydrogens (tertiary/aromatic N) is 2. The number of nitrogens with one attached hydrogen (secondary N) is 1. The van der Waals surface area contributed by atoms with Gasteiger partial charge >= 0.3 is 0 Å². The van der Waals surface area contributed by atoms with Crippen LogP contribution in [0, 0.1) is 5.92 Å². The Balaban J connectivity index is 1.44. The molecule has 1 aliphatic carbocycles. The Morgan fingerprint density at radius 2 is 1.93 bits per heavy atom. The van der Waals surface area contributed by atoms with E-state index < -0.39 is 10.0 Å². The van der Waals surface area contributed by atoms with Crippen LogP contribution in [0.1, 0.15) is 30.4 Å². The van der Waals surface area contributed by atoms with E-state index in [1.165, 1.54) is 4.31 Å². The van der Waals surface area contributed by atoms with Crippen LogP contribution in [0.15, 0.2) is 23.1 Å². The van der Waals surface area contributed by atoms with E-state index in [1.807, 2.05) is 17.0 Å². The number of carbonyl (C=O) groups is 1. The van der Waals surface area contributed by atoms with Crippen LogP contribution in [0.3, 0.4) is 0 Å². The minimum absolute atomic E-state index is 0.0574. The number of amides is 1. The average molecular weight is 424 g/mol. The van der Waals surface area contributed by atoms with Crippen LogP contribution >= 0.6 is 11.6 Å². The van der Waals surface area contributed by atoms with E-state index in [0.717, 1.165) is 43.6 Å². The maximum absolute atomic E-state index is 13.1. The van der Waals surface area contributed by atoms with Gasteiger partial charge in [-0.3, -0.25) is 4.79 Å². The van der Waals surface area contributed by atoms with Crippen molar-refractivity contribution in [3.63, 3.8) is 0 Å². The van der Waals surface area contributed by atoms with Crippen LogP contribution in [-0.2, 0) is 21.2 Å². The molecule has 0 saturated carbocycles. The van der Waals surface area contributed by atoms with Crippen molar-refractivity contribution < 1.29 is 13.2 Å². The fourth-order valence-electron chi connectivity index (χ4n) is 4.27. The molecule has 1 aromatic rings. The molecule has 0 radical (unpaired) electrons. The molecule has 2 saturated heterocycles. The van der Waals surface area contributed by atoms with E-state index in [4.69, 9.17) is 11.6 Å². The molecule has 0 bridgehead atoms. The fraction of sp³-hybridized carbons (Fsp3) is 0.550. The quantitative estimate of drug-likeness (QED) is 0.805. The molecule has 1 aromatic carbocycles. The molecule has 2 aliphatic heterocycles. The van der Waals surface area contributed by atoms with Gasteiger partial charge in [-0.1, -0.05) is 17.7 Å². The van der Waals surface area contributed by atoms with E-state index >= 15 is 0 Å². The van der Waals surface area contributed by atoms with Gasteiger partial charge in [-0.2, -0.15) is 4.31 Å². The fourth-order valence-corrected chi connectivity index (χ4v) is 6.03. The van der Waals surface area contributed by atoms with Crippen molar-refractivity contribution in [3.05, 3.63) is 39.3 Å². The summed E-state index contributed by atoms with van der Waals surface area (Å²) in [6.45, 7) is 3.51. The number of piperazine rings is 1.